The van der Waals surface area contributed by atoms with E-state index in [0.717, 1.165) is 0 Å². The van der Waals surface area contributed by atoms with Gasteiger partial charge in [-0.05, 0) is 0 Å². The number of halogens is 1. The van der Waals surface area contributed by atoms with Crippen LogP contribution in [0.1, 0.15) is 20.8 Å². The van der Waals surface area contributed by atoms with Gasteiger partial charge in [-0.25, -0.2) is 0 Å². The number of hydrogen-bond acceptors (Lipinski definition) is 3. The van der Waals surface area contributed by atoms with Crippen molar-refractivity contribution in [3.63, 3.8) is 0 Å². The molecule has 0 aromatic heterocycles. The van der Waals surface area contributed by atoms with Gasteiger partial charge in [0, 0.05) is 11.6 Å². The Balaban J connectivity index is 0. The van der Waals surface area contributed by atoms with Crippen molar-refractivity contribution < 1.29 is 10.0 Å². The number of alkyl halides is 1. The van der Waals surface area contributed by atoms with Crippen LogP contribution in [0.15, 0.2) is 5.16 Å². The number of aldehydes is 1. The zero-order valence-corrected chi connectivity index (χ0v) is 7.80. The normalized spacial score (nSPS) is 10.5. The maximum Gasteiger partial charge on any atom is 0.134 e. The number of hydrogen-bond donors (Lipinski definition) is 1. The lowest BCUT2D eigenvalue weighted by Gasteiger charge is -2.06. The first-order valence-corrected chi connectivity index (χ1v) is 3.69. The molecule has 0 rings (SSSR count). The van der Waals surface area contributed by atoms with E-state index in [9.17, 15) is 0 Å². The maximum atomic E-state index is 9.04. The number of carbonyl (C=O) groups is 1. The van der Waals surface area contributed by atoms with Crippen LogP contribution in [0.2, 0.25) is 0 Å². The van der Waals surface area contributed by atoms with Crippen LogP contribution in [-0.2, 0) is 4.79 Å². The second-order valence-electron chi connectivity index (χ2n) is 2.93. The summed E-state index contributed by atoms with van der Waals surface area (Å²) in [6.07, 6.45) is 2.13. The van der Waals surface area contributed by atoms with E-state index < -0.39 is 0 Å². The lowest BCUT2D eigenvalue weighted by Crippen LogP contribution is -2.05. The molecule has 0 spiro atoms. The molecule has 0 heterocycles. The SMILES string of the molecule is CC(C)(C)C=NO.O=CCCl. The minimum absolute atomic E-state index is 0.00868. The monoisotopic (exact) mass is 179 g/mol. The first-order valence-electron chi connectivity index (χ1n) is 3.16. The smallest absolute Gasteiger partial charge is 0.134 e. The van der Waals surface area contributed by atoms with Crippen LogP contribution in [0.5, 0.6) is 0 Å². The highest BCUT2D eigenvalue weighted by Gasteiger charge is 2.03. The third kappa shape index (κ3) is 26.5. The number of nitrogens with zero attached hydrogens (tertiary/aromatic N) is 1. The molecule has 0 aromatic rings. The molecular formula is C7H14ClNO2. The molecule has 1 N–H and O–H groups in total. The molecule has 0 aromatic carbocycles. The fraction of sp³-hybridized carbons (Fsp3) is 0.714. The van der Waals surface area contributed by atoms with Gasteiger partial charge in [-0.2, -0.15) is 0 Å². The largest absolute Gasteiger partial charge is 0.411 e. The molecule has 0 unspecified atom stereocenters. The van der Waals surface area contributed by atoms with Crippen LogP contribution in [-0.4, -0.2) is 23.6 Å². The van der Waals surface area contributed by atoms with Crippen LogP contribution in [0.4, 0.5) is 0 Å². The van der Waals surface area contributed by atoms with Crippen LogP contribution in [0.25, 0.3) is 0 Å². The van der Waals surface area contributed by atoms with E-state index in [1.165, 1.54) is 6.21 Å². The standard InChI is InChI=1S/C5H11NO.C2H3ClO/c1-5(2,3)4-6-7;3-1-2-4/h4,7H,1-3H3;2H,1H2. The van der Waals surface area contributed by atoms with Crippen molar-refractivity contribution in [1.82, 2.24) is 0 Å². The fourth-order valence-corrected chi connectivity index (χ4v) is 0.173. The molecule has 0 fully saturated rings. The molecule has 0 amide bonds. The molecule has 0 saturated heterocycles. The summed E-state index contributed by atoms with van der Waals surface area (Å²) in [6, 6.07) is 0. The Hall–Kier alpha value is -0.570. The Morgan fingerprint density at radius 1 is 1.55 bits per heavy atom. The highest BCUT2D eigenvalue weighted by Crippen LogP contribution is 2.07. The van der Waals surface area contributed by atoms with Crippen LogP contribution < -0.4 is 0 Å². The number of oxime groups is 1. The van der Waals surface area contributed by atoms with Crippen molar-refractivity contribution in [1.29, 1.82) is 0 Å². The van der Waals surface area contributed by atoms with Gasteiger partial charge < -0.3 is 10.0 Å². The lowest BCUT2D eigenvalue weighted by atomic mass is 10.00. The fourth-order valence-electron chi connectivity index (χ4n) is 0.173. The van der Waals surface area contributed by atoms with E-state index in [1.807, 2.05) is 20.8 Å². The summed E-state index contributed by atoms with van der Waals surface area (Å²) in [5.74, 6) is 0.111. The van der Waals surface area contributed by atoms with Crippen molar-refractivity contribution >= 4 is 24.1 Å². The summed E-state index contributed by atoms with van der Waals surface area (Å²) in [5.41, 5.74) is 0.00868. The van der Waals surface area contributed by atoms with E-state index in [0.29, 0.717) is 6.29 Å². The van der Waals surface area contributed by atoms with E-state index in [-0.39, 0.29) is 11.3 Å². The van der Waals surface area contributed by atoms with E-state index in [2.05, 4.69) is 5.16 Å². The van der Waals surface area contributed by atoms with Gasteiger partial charge in [0.05, 0.1) is 5.88 Å². The third-order valence-electron chi connectivity index (χ3n) is 0.508. The Kier molecular flexibility index (Phi) is 8.94. The Labute approximate surface area is 72.0 Å². The molecule has 66 valence electrons. The van der Waals surface area contributed by atoms with Gasteiger partial charge in [-0.15, -0.1) is 16.8 Å². The minimum atomic E-state index is 0.00868. The molecule has 0 bridgehead atoms. The zero-order valence-electron chi connectivity index (χ0n) is 7.04. The second kappa shape index (κ2) is 7.54. The number of carbonyl (C=O) groups excluding carboxylic acids is 1. The molecule has 11 heavy (non-hydrogen) atoms. The summed E-state index contributed by atoms with van der Waals surface area (Å²) in [5, 5.41) is 10.9. The van der Waals surface area contributed by atoms with Gasteiger partial charge >= 0.3 is 0 Å². The van der Waals surface area contributed by atoms with Gasteiger partial charge in [0.1, 0.15) is 6.29 Å². The van der Waals surface area contributed by atoms with Crippen LogP contribution >= 0.6 is 11.6 Å². The zero-order chi connectivity index (χ0) is 9.33. The van der Waals surface area contributed by atoms with Crippen molar-refractivity contribution in [2.75, 3.05) is 5.88 Å². The van der Waals surface area contributed by atoms with Crippen LogP contribution in [0, 0.1) is 5.41 Å². The van der Waals surface area contributed by atoms with Crippen LogP contribution in [0.3, 0.4) is 0 Å². The molecule has 0 atom stereocenters. The Morgan fingerprint density at radius 3 is 1.91 bits per heavy atom. The van der Waals surface area contributed by atoms with Gasteiger partial charge in [-0.3, -0.25) is 0 Å². The van der Waals surface area contributed by atoms with Crippen molar-refractivity contribution in [2.24, 2.45) is 10.6 Å². The molecule has 3 nitrogen and oxygen atoms in total. The topological polar surface area (TPSA) is 49.7 Å². The first kappa shape index (κ1) is 13.1. The molecule has 0 saturated carbocycles. The molecule has 0 aliphatic carbocycles. The van der Waals surface area contributed by atoms with E-state index in [1.54, 1.807) is 0 Å². The molecular weight excluding hydrogens is 166 g/mol. The third-order valence-corrected chi connectivity index (χ3v) is 0.634. The Bertz CT molecular complexity index is 118. The average Bonchev–Trinajstić information content (AvgIpc) is 1.86. The highest BCUT2D eigenvalue weighted by molar-refractivity contribution is 6.24. The summed E-state index contributed by atoms with van der Waals surface area (Å²) < 4.78 is 0. The van der Waals surface area contributed by atoms with Gasteiger partial charge in [0.2, 0.25) is 0 Å². The van der Waals surface area contributed by atoms with Gasteiger partial charge in [-0.1, -0.05) is 20.8 Å². The highest BCUT2D eigenvalue weighted by atomic mass is 35.5. The lowest BCUT2D eigenvalue weighted by molar-refractivity contribution is -0.105. The predicted molar refractivity (Wildman–Crippen MR) is 46.5 cm³/mol. The summed E-state index contributed by atoms with van der Waals surface area (Å²) in [7, 11) is 0. The quantitative estimate of drug-likeness (QED) is 0.220. The number of rotatable bonds is 1. The van der Waals surface area contributed by atoms with E-state index in [4.69, 9.17) is 21.6 Å². The molecule has 0 aliphatic rings. The second-order valence-corrected chi connectivity index (χ2v) is 3.24. The van der Waals surface area contributed by atoms with E-state index >= 15 is 0 Å². The van der Waals surface area contributed by atoms with Crippen molar-refractivity contribution in [3.8, 4) is 0 Å². The van der Waals surface area contributed by atoms with Crippen molar-refractivity contribution in [2.45, 2.75) is 20.8 Å². The predicted octanol–water partition coefficient (Wildman–Crippen LogP) is 1.92. The van der Waals surface area contributed by atoms with Crippen molar-refractivity contribution in [3.05, 3.63) is 0 Å². The average molecular weight is 180 g/mol. The Morgan fingerprint density at radius 2 is 1.91 bits per heavy atom. The minimum Gasteiger partial charge on any atom is -0.411 e. The molecule has 0 aliphatic heterocycles. The summed E-state index contributed by atoms with van der Waals surface area (Å²) >= 11 is 4.82. The van der Waals surface area contributed by atoms with Gasteiger partial charge in [0.15, 0.2) is 0 Å². The first-order chi connectivity index (χ1) is 4.97. The summed E-state index contributed by atoms with van der Waals surface area (Å²) in [4.78, 5) is 9.04. The molecule has 0 radical (unpaired) electrons. The van der Waals surface area contributed by atoms with Gasteiger partial charge in [0.25, 0.3) is 0 Å². The summed E-state index contributed by atoms with van der Waals surface area (Å²) in [6.45, 7) is 5.90. The molecule has 4 heteroatoms. The maximum absolute atomic E-state index is 9.04.